The van der Waals surface area contributed by atoms with Crippen molar-refractivity contribution in [1.82, 2.24) is 10.1 Å². The summed E-state index contributed by atoms with van der Waals surface area (Å²) in [7, 11) is 0. The van der Waals surface area contributed by atoms with Crippen LogP contribution >= 0.6 is 0 Å². The molecule has 0 spiro atoms. The molecule has 2 aromatic carbocycles. The van der Waals surface area contributed by atoms with Gasteiger partial charge < -0.3 is 9.84 Å². The number of para-hydroxylation sites is 1. The fourth-order valence-corrected chi connectivity index (χ4v) is 3.82. The molecule has 0 aliphatic carbocycles. The largest absolute Gasteiger partial charge is 0.418 e. The topological polar surface area (TPSA) is 58.4 Å². The Morgan fingerprint density at radius 1 is 1.17 bits per heavy atom. The second-order valence-electron chi connectivity index (χ2n) is 7.35. The minimum atomic E-state index is -4.54. The van der Waals surface area contributed by atoms with Crippen molar-refractivity contribution in [3.63, 3.8) is 0 Å². The van der Waals surface area contributed by atoms with Gasteiger partial charge >= 0.3 is 6.18 Å². The summed E-state index contributed by atoms with van der Waals surface area (Å²) in [6, 6.07) is 9.22. The molecule has 0 unspecified atom stereocenters. The van der Waals surface area contributed by atoms with Crippen LogP contribution in [0.5, 0.6) is 0 Å². The van der Waals surface area contributed by atoms with Gasteiger partial charge in [-0.25, -0.2) is 4.39 Å². The highest BCUT2D eigenvalue weighted by molar-refractivity contribution is 5.93. The highest BCUT2D eigenvalue weighted by Gasteiger charge is 2.34. The van der Waals surface area contributed by atoms with Gasteiger partial charge in [-0.2, -0.15) is 13.2 Å². The number of rotatable bonds is 4. The first-order valence-corrected chi connectivity index (χ1v) is 9.54. The zero-order chi connectivity index (χ0) is 21.3. The molecular weight excluding hydrogens is 402 g/mol. The van der Waals surface area contributed by atoms with Gasteiger partial charge in [0.05, 0.1) is 23.5 Å². The number of aromatic nitrogens is 1. The molecule has 30 heavy (non-hydrogen) atoms. The Hall–Kier alpha value is -2.94. The molecule has 1 aliphatic heterocycles. The van der Waals surface area contributed by atoms with Crippen molar-refractivity contribution in [1.29, 1.82) is 0 Å². The van der Waals surface area contributed by atoms with Crippen LogP contribution in [0.2, 0.25) is 0 Å². The molecule has 1 fully saturated rings. The summed E-state index contributed by atoms with van der Waals surface area (Å²) >= 11 is 0. The summed E-state index contributed by atoms with van der Waals surface area (Å²) in [5.74, 6) is -0.771. The second-order valence-corrected chi connectivity index (χ2v) is 7.35. The average molecular weight is 421 g/mol. The lowest BCUT2D eigenvalue weighted by Gasteiger charge is -2.30. The van der Waals surface area contributed by atoms with E-state index in [9.17, 15) is 22.4 Å². The van der Waals surface area contributed by atoms with Gasteiger partial charge in [-0.1, -0.05) is 17.3 Å². The number of amides is 1. The van der Waals surface area contributed by atoms with Gasteiger partial charge in [-0.05, 0) is 50.2 Å². The van der Waals surface area contributed by atoms with E-state index in [1.807, 2.05) is 4.90 Å². The minimum Gasteiger partial charge on any atom is -0.356 e. The van der Waals surface area contributed by atoms with Gasteiger partial charge in [0.15, 0.2) is 5.58 Å². The third kappa shape index (κ3) is 4.30. The van der Waals surface area contributed by atoms with Crippen molar-refractivity contribution in [3.05, 3.63) is 59.5 Å². The van der Waals surface area contributed by atoms with E-state index in [0.29, 0.717) is 31.5 Å². The lowest BCUT2D eigenvalue weighted by molar-refractivity contribution is -0.137. The fraction of sp³-hybridized carbons (Fsp3) is 0.333. The Morgan fingerprint density at radius 3 is 2.63 bits per heavy atom. The number of nitrogens with zero attached hydrogens (tertiary/aromatic N) is 2. The Kier molecular flexibility index (Phi) is 5.46. The van der Waals surface area contributed by atoms with Gasteiger partial charge in [-0.15, -0.1) is 0 Å². The van der Waals surface area contributed by atoms with Crippen LogP contribution in [0.4, 0.5) is 23.2 Å². The van der Waals surface area contributed by atoms with Crippen molar-refractivity contribution in [2.24, 2.45) is 0 Å². The van der Waals surface area contributed by atoms with E-state index in [4.69, 9.17) is 4.52 Å². The Balaban J connectivity index is 1.35. The van der Waals surface area contributed by atoms with Gasteiger partial charge in [0, 0.05) is 17.4 Å². The number of carbonyl (C=O) groups is 1. The van der Waals surface area contributed by atoms with E-state index < -0.39 is 23.5 Å². The number of fused-ring (bicyclic) bond motifs is 1. The van der Waals surface area contributed by atoms with E-state index in [1.165, 1.54) is 30.3 Å². The molecule has 0 bridgehead atoms. The summed E-state index contributed by atoms with van der Waals surface area (Å²) in [6.45, 7) is 1.19. The zero-order valence-corrected chi connectivity index (χ0v) is 15.9. The smallest absolute Gasteiger partial charge is 0.356 e. The Morgan fingerprint density at radius 2 is 1.90 bits per heavy atom. The van der Waals surface area contributed by atoms with Gasteiger partial charge in [0.25, 0.3) is 0 Å². The number of carbonyl (C=O) groups excluding carboxylic acids is 1. The molecule has 1 saturated heterocycles. The molecule has 4 rings (SSSR count). The summed E-state index contributed by atoms with van der Waals surface area (Å²) < 4.78 is 57.7. The van der Waals surface area contributed by atoms with Gasteiger partial charge in [0.1, 0.15) is 5.82 Å². The highest BCUT2D eigenvalue weighted by Crippen LogP contribution is 2.35. The molecular formula is C21H19F4N3O2. The first-order valence-electron chi connectivity index (χ1n) is 9.54. The van der Waals surface area contributed by atoms with E-state index >= 15 is 0 Å². The standard InChI is InChI=1S/C21H19F4N3O2/c22-14-5-6-15-18(11-14)30-27-20(15)13-7-9-28(10-8-13)12-19(29)26-17-4-2-1-3-16(17)21(23,24)25/h1-6,11,13H,7-10,12H2,(H,26,29). The van der Waals surface area contributed by atoms with E-state index in [-0.39, 0.29) is 18.2 Å². The SMILES string of the molecule is O=C(CN1CCC(c2noc3cc(F)ccc23)CC1)Nc1ccccc1C(F)(F)F. The van der Waals surface area contributed by atoms with Crippen LogP contribution in [0.15, 0.2) is 47.0 Å². The molecule has 5 nitrogen and oxygen atoms in total. The first kappa shape index (κ1) is 20.3. The molecule has 1 N–H and O–H groups in total. The lowest BCUT2D eigenvalue weighted by Crippen LogP contribution is -2.39. The lowest BCUT2D eigenvalue weighted by atomic mass is 9.91. The Bertz CT molecular complexity index is 1060. The van der Waals surface area contributed by atoms with Crippen molar-refractivity contribution >= 4 is 22.6 Å². The predicted octanol–water partition coefficient (Wildman–Crippen LogP) is 4.80. The van der Waals surface area contributed by atoms with Crippen molar-refractivity contribution in [2.45, 2.75) is 24.9 Å². The molecule has 1 aliphatic rings. The Labute approximate surface area is 169 Å². The summed E-state index contributed by atoms with van der Waals surface area (Å²) in [4.78, 5) is 14.2. The normalized spacial score (nSPS) is 16.1. The maximum absolute atomic E-state index is 13.3. The average Bonchev–Trinajstić information content (AvgIpc) is 3.11. The number of nitrogens with one attached hydrogen (secondary N) is 1. The van der Waals surface area contributed by atoms with Crippen LogP contribution in [-0.2, 0) is 11.0 Å². The number of hydrogen-bond acceptors (Lipinski definition) is 4. The number of benzene rings is 2. The first-order chi connectivity index (χ1) is 14.3. The monoisotopic (exact) mass is 421 g/mol. The molecule has 0 radical (unpaired) electrons. The van der Waals surface area contributed by atoms with E-state index in [1.54, 1.807) is 6.07 Å². The van der Waals surface area contributed by atoms with Crippen LogP contribution in [0.3, 0.4) is 0 Å². The minimum absolute atomic E-state index is 0.00366. The summed E-state index contributed by atoms with van der Waals surface area (Å²) in [5, 5.41) is 7.23. The van der Waals surface area contributed by atoms with Crippen LogP contribution in [-0.4, -0.2) is 35.6 Å². The quantitative estimate of drug-likeness (QED) is 0.615. The van der Waals surface area contributed by atoms with Crippen molar-refractivity contribution in [2.75, 3.05) is 25.0 Å². The number of alkyl halides is 3. The highest BCUT2D eigenvalue weighted by atomic mass is 19.4. The number of halogens is 4. The maximum Gasteiger partial charge on any atom is 0.418 e. The fourth-order valence-electron chi connectivity index (χ4n) is 3.82. The second kappa shape index (κ2) is 8.06. The zero-order valence-electron chi connectivity index (χ0n) is 15.9. The summed E-state index contributed by atoms with van der Waals surface area (Å²) in [6.07, 6.45) is -3.11. The third-order valence-corrected chi connectivity index (χ3v) is 5.31. The predicted molar refractivity (Wildman–Crippen MR) is 102 cm³/mol. The molecule has 3 aromatic rings. The molecule has 0 saturated carbocycles. The third-order valence-electron chi connectivity index (χ3n) is 5.31. The van der Waals surface area contributed by atoms with Gasteiger partial charge in [0.2, 0.25) is 5.91 Å². The van der Waals surface area contributed by atoms with Crippen LogP contribution < -0.4 is 5.32 Å². The van der Waals surface area contributed by atoms with E-state index in [2.05, 4.69) is 10.5 Å². The van der Waals surface area contributed by atoms with Crippen molar-refractivity contribution < 1.29 is 26.9 Å². The summed E-state index contributed by atoms with van der Waals surface area (Å²) in [5.41, 5.74) is 0.0564. The van der Waals surface area contributed by atoms with Crippen LogP contribution in [0, 0.1) is 5.82 Å². The molecule has 1 aromatic heterocycles. The van der Waals surface area contributed by atoms with Crippen LogP contribution in [0.25, 0.3) is 11.0 Å². The molecule has 9 heteroatoms. The van der Waals surface area contributed by atoms with Crippen molar-refractivity contribution in [3.8, 4) is 0 Å². The number of anilines is 1. The van der Waals surface area contributed by atoms with Gasteiger partial charge in [-0.3, -0.25) is 9.69 Å². The number of likely N-dealkylation sites (tertiary alicyclic amines) is 1. The number of hydrogen-bond donors (Lipinski definition) is 1. The maximum atomic E-state index is 13.3. The molecule has 2 heterocycles. The van der Waals surface area contributed by atoms with E-state index in [0.717, 1.165) is 17.1 Å². The number of piperidine rings is 1. The van der Waals surface area contributed by atoms with Crippen LogP contribution in [0.1, 0.15) is 30.0 Å². The molecule has 1 amide bonds. The molecule has 0 atom stereocenters. The molecule has 158 valence electrons.